The van der Waals surface area contributed by atoms with Crippen molar-refractivity contribution in [3.05, 3.63) is 41.0 Å². The van der Waals surface area contributed by atoms with Crippen molar-refractivity contribution in [1.82, 2.24) is 0 Å². The Hall–Kier alpha value is -1.70. The van der Waals surface area contributed by atoms with Crippen molar-refractivity contribution in [3.8, 4) is 5.75 Å². The van der Waals surface area contributed by atoms with E-state index in [2.05, 4.69) is 0 Å². The molecule has 27 heavy (non-hydrogen) atoms. The molecule has 0 unspecified atom stereocenters. The van der Waals surface area contributed by atoms with Crippen LogP contribution in [0.4, 0.5) is 26.3 Å². The Morgan fingerprint density at radius 2 is 1.11 bits per heavy atom. The highest BCUT2D eigenvalue weighted by Gasteiger charge is 2.48. The van der Waals surface area contributed by atoms with E-state index < -0.39 is 59.7 Å². The Labute approximate surface area is 155 Å². The predicted octanol–water partition coefficient (Wildman–Crippen LogP) is 7.23. The molecule has 0 aromatic heterocycles. The van der Waals surface area contributed by atoms with Crippen molar-refractivity contribution >= 4 is 19.1 Å². The molecule has 0 bridgehead atoms. The molecule has 0 fully saturated rings. The topological polar surface area (TPSA) is 9.23 Å². The van der Waals surface area contributed by atoms with E-state index in [1.165, 1.54) is 0 Å². The summed E-state index contributed by atoms with van der Waals surface area (Å²) in [7, 11) is -2.92. The molecule has 0 aliphatic carbocycles. The van der Waals surface area contributed by atoms with Crippen LogP contribution in [-0.2, 0) is 0 Å². The monoisotopic (exact) mass is 408 g/mol. The molecule has 0 aliphatic heterocycles. The highest BCUT2D eigenvalue weighted by atomic mass is 28.4. The molecule has 0 saturated carbocycles. The smallest absolute Gasteiger partial charge is 0.258 e. The summed E-state index contributed by atoms with van der Waals surface area (Å²) >= 11 is 0. The first-order chi connectivity index (χ1) is 12.4. The Balaban J connectivity index is 2.96. The van der Waals surface area contributed by atoms with Gasteiger partial charge in [-0.05, 0) is 16.6 Å². The molecule has 0 saturated heterocycles. The molecule has 0 heterocycles. The predicted molar refractivity (Wildman–Crippen MR) is 95.4 cm³/mol. The maximum Gasteiger partial charge on any atom is 0.258 e. The second kappa shape index (κ2) is 7.37. The third-order valence-corrected chi connectivity index (χ3v) is 11.2. The molecule has 2 aromatic rings. The quantitative estimate of drug-likeness (QED) is 0.219. The Bertz CT molecular complexity index is 857. The Morgan fingerprint density at radius 1 is 0.630 bits per heavy atom. The molecular formula is C19H22F6OSi. The van der Waals surface area contributed by atoms with Crippen LogP contribution in [0, 0.1) is 34.9 Å². The zero-order chi connectivity index (χ0) is 20.8. The lowest BCUT2D eigenvalue weighted by molar-refractivity contribution is 0.402. The van der Waals surface area contributed by atoms with Crippen LogP contribution in [0.25, 0.3) is 10.8 Å². The second-order valence-corrected chi connectivity index (χ2v) is 13.0. The van der Waals surface area contributed by atoms with Gasteiger partial charge < -0.3 is 4.43 Å². The van der Waals surface area contributed by atoms with Crippen molar-refractivity contribution in [2.24, 2.45) is 0 Å². The summed E-state index contributed by atoms with van der Waals surface area (Å²) in [6, 6.07) is 0.171. The van der Waals surface area contributed by atoms with Gasteiger partial charge >= 0.3 is 0 Å². The first kappa shape index (κ1) is 21.6. The molecule has 0 aliphatic rings. The zero-order valence-electron chi connectivity index (χ0n) is 16.0. The first-order valence-electron chi connectivity index (χ1n) is 8.70. The minimum Gasteiger partial charge on any atom is -0.540 e. The summed E-state index contributed by atoms with van der Waals surface area (Å²) in [5.74, 6) is -11.6. The third kappa shape index (κ3) is 3.21. The van der Waals surface area contributed by atoms with E-state index >= 15 is 0 Å². The third-order valence-electron chi connectivity index (χ3n) is 5.19. The molecule has 2 rings (SSSR count). The standard InChI is InChI=1S/C19H22F6OSi/c1-8(2)27(9(3)4,10(5)6)26-19-13-11(20)7-12(21)15(22)14(13)16(23)17(24)18(19)25/h7-10H,1-6H3. The normalized spacial score (nSPS) is 12.7. The van der Waals surface area contributed by atoms with E-state index in [0.29, 0.717) is 0 Å². The van der Waals surface area contributed by atoms with Gasteiger partial charge in [0.15, 0.2) is 29.0 Å². The molecule has 150 valence electrons. The molecule has 0 amide bonds. The van der Waals surface area contributed by atoms with Crippen LogP contribution in [0.2, 0.25) is 16.6 Å². The number of hydrogen-bond donors (Lipinski definition) is 0. The van der Waals surface area contributed by atoms with E-state index in [0.717, 1.165) is 0 Å². The lowest BCUT2D eigenvalue weighted by Crippen LogP contribution is -2.51. The maximum atomic E-state index is 14.6. The lowest BCUT2D eigenvalue weighted by atomic mass is 10.1. The van der Waals surface area contributed by atoms with Crippen molar-refractivity contribution in [2.45, 2.75) is 58.2 Å². The molecule has 8 heteroatoms. The highest BCUT2D eigenvalue weighted by Crippen LogP contribution is 2.46. The summed E-state index contributed by atoms with van der Waals surface area (Å²) in [6.45, 7) is 11.1. The van der Waals surface area contributed by atoms with Gasteiger partial charge in [0.1, 0.15) is 5.82 Å². The molecule has 1 nitrogen and oxygen atoms in total. The minimum absolute atomic E-state index is 0.103. The van der Waals surface area contributed by atoms with E-state index in [4.69, 9.17) is 4.43 Å². The van der Waals surface area contributed by atoms with Crippen LogP contribution < -0.4 is 4.43 Å². The van der Waals surface area contributed by atoms with Gasteiger partial charge in [-0.15, -0.1) is 0 Å². The summed E-state index contributed by atoms with van der Waals surface area (Å²) in [5.41, 5.74) is -0.310. The van der Waals surface area contributed by atoms with Crippen LogP contribution in [0.3, 0.4) is 0 Å². The minimum atomic E-state index is -2.92. The van der Waals surface area contributed by atoms with Crippen molar-refractivity contribution in [3.63, 3.8) is 0 Å². The van der Waals surface area contributed by atoms with Gasteiger partial charge in [-0.3, -0.25) is 0 Å². The largest absolute Gasteiger partial charge is 0.540 e. The van der Waals surface area contributed by atoms with Crippen LogP contribution in [0.1, 0.15) is 41.5 Å². The van der Waals surface area contributed by atoms with Gasteiger partial charge in [-0.25, -0.2) is 22.0 Å². The summed E-state index contributed by atoms with van der Waals surface area (Å²) in [4.78, 5) is 0. The van der Waals surface area contributed by atoms with Crippen LogP contribution in [0.5, 0.6) is 5.75 Å². The van der Waals surface area contributed by atoms with Gasteiger partial charge in [0.05, 0.1) is 10.8 Å². The first-order valence-corrected chi connectivity index (χ1v) is 10.8. The fraction of sp³-hybridized carbons (Fsp3) is 0.474. The number of benzene rings is 2. The van der Waals surface area contributed by atoms with Crippen molar-refractivity contribution in [2.75, 3.05) is 0 Å². The lowest BCUT2D eigenvalue weighted by Gasteiger charge is -2.42. The number of fused-ring (bicyclic) bond motifs is 1. The second-order valence-electron chi connectivity index (χ2n) is 7.59. The fourth-order valence-electron chi connectivity index (χ4n) is 4.07. The van der Waals surface area contributed by atoms with Gasteiger partial charge in [-0.1, -0.05) is 41.5 Å². The van der Waals surface area contributed by atoms with Crippen molar-refractivity contribution < 1.29 is 30.8 Å². The van der Waals surface area contributed by atoms with E-state index in [-0.39, 0.29) is 22.7 Å². The van der Waals surface area contributed by atoms with Crippen LogP contribution >= 0.6 is 0 Å². The van der Waals surface area contributed by atoms with Crippen LogP contribution in [-0.4, -0.2) is 8.32 Å². The molecule has 0 radical (unpaired) electrons. The summed E-state index contributed by atoms with van der Waals surface area (Å²) < 4.78 is 90.9. The zero-order valence-corrected chi connectivity index (χ0v) is 17.0. The van der Waals surface area contributed by atoms with Crippen LogP contribution in [0.15, 0.2) is 6.07 Å². The average Bonchev–Trinajstić information content (AvgIpc) is 2.55. The van der Waals surface area contributed by atoms with E-state index in [1.54, 1.807) is 0 Å². The molecule has 2 aromatic carbocycles. The SMILES string of the molecule is CC(C)[Si](Oc1c(F)c(F)c(F)c2c(F)c(F)cc(F)c12)(C(C)C)C(C)C. The maximum absolute atomic E-state index is 14.6. The summed E-state index contributed by atoms with van der Waals surface area (Å²) in [5, 5.41) is -2.22. The van der Waals surface area contributed by atoms with Crippen molar-refractivity contribution in [1.29, 1.82) is 0 Å². The summed E-state index contributed by atoms with van der Waals surface area (Å²) in [6.07, 6.45) is 0. The molecular weight excluding hydrogens is 386 g/mol. The fourth-order valence-corrected chi connectivity index (χ4v) is 9.32. The van der Waals surface area contributed by atoms with E-state index in [1.807, 2.05) is 41.5 Å². The number of hydrogen-bond acceptors (Lipinski definition) is 1. The molecule has 0 N–H and O–H groups in total. The van der Waals surface area contributed by atoms with Gasteiger partial charge in [0, 0.05) is 6.07 Å². The molecule has 0 atom stereocenters. The number of halogens is 6. The average molecular weight is 408 g/mol. The molecule has 0 spiro atoms. The highest BCUT2D eigenvalue weighted by molar-refractivity contribution is 6.78. The Morgan fingerprint density at radius 3 is 1.56 bits per heavy atom. The van der Waals surface area contributed by atoms with Gasteiger partial charge in [-0.2, -0.15) is 4.39 Å². The Kier molecular flexibility index (Phi) is 5.90. The van der Waals surface area contributed by atoms with Gasteiger partial charge in [0.2, 0.25) is 5.82 Å². The number of rotatable bonds is 5. The van der Waals surface area contributed by atoms with E-state index in [9.17, 15) is 26.3 Å². The van der Waals surface area contributed by atoms with Gasteiger partial charge in [0.25, 0.3) is 8.32 Å².